The number of nitrogens with zero attached hydrogens (tertiary/aromatic N) is 2. The Hall–Kier alpha value is -2.82. The lowest BCUT2D eigenvalue weighted by atomic mass is 9.75. The van der Waals surface area contributed by atoms with E-state index in [2.05, 4.69) is 44.4 Å². The highest BCUT2D eigenvalue weighted by molar-refractivity contribution is 5.76. The first-order chi connectivity index (χ1) is 15.8. The van der Waals surface area contributed by atoms with Crippen LogP contribution in [0.25, 0.3) is 11.0 Å². The van der Waals surface area contributed by atoms with E-state index in [1.54, 1.807) is 0 Å². The molecule has 33 heavy (non-hydrogen) atoms. The molecule has 0 N–H and O–H groups in total. The van der Waals surface area contributed by atoms with Crippen molar-refractivity contribution in [3.8, 4) is 5.75 Å². The molecule has 5 nitrogen and oxygen atoms in total. The van der Waals surface area contributed by atoms with Crippen LogP contribution in [-0.2, 0) is 29.7 Å². The second-order valence-corrected chi connectivity index (χ2v) is 10.0. The number of ether oxygens (including phenoxy) is 2. The van der Waals surface area contributed by atoms with Gasteiger partial charge >= 0.3 is 5.97 Å². The fourth-order valence-electron chi connectivity index (χ4n) is 5.15. The SMILES string of the molecule is Cc1ccc(OCc2n(CC(=O)O[C@H]3C[C@@H](C)CC[C@H]3C(C)C)c3ccccc3[n+]2C)cc1. The fraction of sp³-hybridized carbons (Fsp3) is 0.500. The van der Waals surface area contributed by atoms with Gasteiger partial charge in [-0.05, 0) is 61.8 Å². The van der Waals surface area contributed by atoms with E-state index in [0.29, 0.717) is 24.4 Å². The summed E-state index contributed by atoms with van der Waals surface area (Å²) in [6, 6.07) is 16.2. The normalized spacial score (nSPS) is 20.8. The first-order valence-corrected chi connectivity index (χ1v) is 12.2. The summed E-state index contributed by atoms with van der Waals surface area (Å²) in [5, 5.41) is 0. The van der Waals surface area contributed by atoms with Crippen molar-refractivity contribution >= 4 is 17.0 Å². The highest BCUT2D eigenvalue weighted by atomic mass is 16.5. The van der Waals surface area contributed by atoms with Crippen LogP contribution in [0.3, 0.4) is 0 Å². The number of fused-ring (bicyclic) bond motifs is 1. The highest BCUT2D eigenvalue weighted by Gasteiger charge is 2.34. The molecule has 1 fully saturated rings. The number of esters is 1. The van der Waals surface area contributed by atoms with E-state index in [1.165, 1.54) is 12.0 Å². The average Bonchev–Trinajstić information content (AvgIpc) is 3.04. The number of aryl methyl sites for hydroxylation is 2. The Balaban J connectivity index is 1.56. The monoisotopic (exact) mass is 449 g/mol. The van der Waals surface area contributed by atoms with Crippen molar-refractivity contribution in [2.45, 2.75) is 66.2 Å². The van der Waals surface area contributed by atoms with Gasteiger partial charge in [-0.15, -0.1) is 0 Å². The second-order valence-electron chi connectivity index (χ2n) is 10.0. The molecule has 1 aromatic heterocycles. The molecule has 1 saturated carbocycles. The molecule has 4 rings (SSSR count). The van der Waals surface area contributed by atoms with Crippen LogP contribution in [0.15, 0.2) is 48.5 Å². The van der Waals surface area contributed by atoms with Crippen LogP contribution in [0.2, 0.25) is 0 Å². The maximum absolute atomic E-state index is 13.2. The van der Waals surface area contributed by atoms with Crippen LogP contribution in [0, 0.1) is 24.7 Å². The van der Waals surface area contributed by atoms with Gasteiger partial charge in [-0.1, -0.05) is 57.0 Å². The number of hydrogen-bond donors (Lipinski definition) is 0. The van der Waals surface area contributed by atoms with Gasteiger partial charge in [-0.2, -0.15) is 0 Å². The van der Waals surface area contributed by atoms with Crippen LogP contribution < -0.4 is 9.30 Å². The Kier molecular flexibility index (Phi) is 7.06. The van der Waals surface area contributed by atoms with E-state index < -0.39 is 0 Å². The zero-order valence-corrected chi connectivity index (χ0v) is 20.6. The van der Waals surface area contributed by atoms with Crippen LogP contribution >= 0.6 is 0 Å². The van der Waals surface area contributed by atoms with E-state index in [-0.39, 0.29) is 18.6 Å². The van der Waals surface area contributed by atoms with Gasteiger partial charge in [-0.25, -0.2) is 13.9 Å². The Morgan fingerprint density at radius 1 is 1.12 bits per heavy atom. The highest BCUT2D eigenvalue weighted by Crippen LogP contribution is 2.35. The number of hydrogen-bond acceptors (Lipinski definition) is 3. The lowest BCUT2D eigenvalue weighted by Gasteiger charge is -2.36. The number of aromatic nitrogens is 2. The molecular formula is C28H37N2O3+. The summed E-state index contributed by atoms with van der Waals surface area (Å²) in [5.74, 6) is 3.13. The number of benzene rings is 2. The van der Waals surface area contributed by atoms with Gasteiger partial charge in [0.25, 0.3) is 5.82 Å². The minimum Gasteiger partial charge on any atom is -0.481 e. The molecule has 0 amide bonds. The van der Waals surface area contributed by atoms with Gasteiger partial charge in [0.15, 0.2) is 24.2 Å². The van der Waals surface area contributed by atoms with Gasteiger partial charge in [0.1, 0.15) is 11.9 Å². The van der Waals surface area contributed by atoms with Crippen molar-refractivity contribution in [2.75, 3.05) is 0 Å². The molecule has 3 aromatic rings. The minimum absolute atomic E-state index is 0.00378. The molecule has 0 spiro atoms. The van der Waals surface area contributed by atoms with E-state index in [0.717, 1.165) is 35.4 Å². The molecule has 0 aliphatic heterocycles. The van der Waals surface area contributed by atoms with Gasteiger partial charge in [0.2, 0.25) is 0 Å². The van der Waals surface area contributed by atoms with Crippen molar-refractivity contribution in [1.29, 1.82) is 0 Å². The first kappa shape index (κ1) is 23.3. The Bertz CT molecular complexity index is 1100. The number of carbonyl (C=O) groups is 1. The lowest BCUT2D eigenvalue weighted by Crippen LogP contribution is -2.37. The molecule has 0 bridgehead atoms. The third-order valence-electron chi connectivity index (χ3n) is 7.15. The van der Waals surface area contributed by atoms with Crippen molar-refractivity contribution in [3.63, 3.8) is 0 Å². The van der Waals surface area contributed by atoms with Crippen molar-refractivity contribution in [2.24, 2.45) is 24.8 Å². The molecule has 2 aromatic carbocycles. The predicted octanol–water partition coefficient (Wildman–Crippen LogP) is 5.36. The maximum Gasteiger partial charge on any atom is 0.348 e. The Morgan fingerprint density at radius 3 is 2.58 bits per heavy atom. The lowest BCUT2D eigenvalue weighted by molar-refractivity contribution is -0.655. The summed E-state index contributed by atoms with van der Waals surface area (Å²) in [7, 11) is 2.02. The van der Waals surface area contributed by atoms with E-state index >= 15 is 0 Å². The van der Waals surface area contributed by atoms with Gasteiger partial charge in [0, 0.05) is 0 Å². The molecule has 3 atom stereocenters. The molecule has 176 valence electrons. The number of carbonyl (C=O) groups excluding carboxylic acids is 1. The van der Waals surface area contributed by atoms with E-state index in [4.69, 9.17) is 9.47 Å². The van der Waals surface area contributed by atoms with Gasteiger partial charge in [-0.3, -0.25) is 0 Å². The number of imidazole rings is 1. The molecule has 5 heteroatoms. The summed E-state index contributed by atoms with van der Waals surface area (Å²) in [4.78, 5) is 13.2. The molecule has 1 aliphatic rings. The van der Waals surface area contributed by atoms with Crippen LogP contribution in [0.4, 0.5) is 0 Å². The topological polar surface area (TPSA) is 44.3 Å². The summed E-state index contributed by atoms with van der Waals surface area (Å²) in [5.41, 5.74) is 3.28. The second kappa shape index (κ2) is 9.98. The maximum atomic E-state index is 13.2. The average molecular weight is 450 g/mol. The summed E-state index contributed by atoms with van der Waals surface area (Å²) in [6.07, 6.45) is 3.31. The van der Waals surface area contributed by atoms with Gasteiger partial charge < -0.3 is 9.47 Å². The quantitative estimate of drug-likeness (QED) is 0.360. The fourth-order valence-corrected chi connectivity index (χ4v) is 5.15. The third-order valence-corrected chi connectivity index (χ3v) is 7.15. The molecule has 0 radical (unpaired) electrons. The van der Waals surface area contributed by atoms with Gasteiger partial charge in [0.05, 0.1) is 7.05 Å². The van der Waals surface area contributed by atoms with Crippen LogP contribution in [0.1, 0.15) is 51.4 Å². The van der Waals surface area contributed by atoms with Crippen molar-refractivity contribution in [1.82, 2.24) is 4.57 Å². The van der Waals surface area contributed by atoms with E-state index in [9.17, 15) is 4.79 Å². The molecular weight excluding hydrogens is 412 g/mol. The summed E-state index contributed by atoms with van der Waals surface area (Å²) in [6.45, 7) is 9.35. The standard InChI is InChI=1S/C28H37N2O3/c1-19(2)23-15-12-21(4)16-26(23)33-28(31)17-30-25-9-7-6-8-24(25)29(5)27(30)18-32-22-13-10-20(3)11-14-22/h6-11,13-14,19,21,23,26H,12,15-18H2,1-5H3/q+1/t21-,23-,26-/m0/s1. The zero-order chi connectivity index (χ0) is 23.5. The Labute approximate surface area is 197 Å². The summed E-state index contributed by atoms with van der Waals surface area (Å²) < 4.78 is 16.4. The van der Waals surface area contributed by atoms with Crippen LogP contribution in [-0.4, -0.2) is 16.6 Å². The van der Waals surface area contributed by atoms with Crippen LogP contribution in [0.5, 0.6) is 5.75 Å². The third kappa shape index (κ3) is 5.23. The predicted molar refractivity (Wildman–Crippen MR) is 130 cm³/mol. The smallest absolute Gasteiger partial charge is 0.348 e. The molecule has 1 aliphatic carbocycles. The Morgan fingerprint density at radius 2 is 1.85 bits per heavy atom. The van der Waals surface area contributed by atoms with Crippen molar-refractivity contribution in [3.05, 3.63) is 59.9 Å². The van der Waals surface area contributed by atoms with E-state index in [1.807, 2.05) is 48.0 Å². The first-order valence-electron chi connectivity index (χ1n) is 12.2. The minimum atomic E-state index is -0.169. The number of para-hydroxylation sites is 2. The molecule has 0 unspecified atom stereocenters. The van der Waals surface area contributed by atoms with Crippen molar-refractivity contribution < 1.29 is 18.8 Å². The largest absolute Gasteiger partial charge is 0.481 e. The molecule has 1 heterocycles. The summed E-state index contributed by atoms with van der Waals surface area (Å²) >= 11 is 0. The molecule has 0 saturated heterocycles. The zero-order valence-electron chi connectivity index (χ0n) is 20.6. The number of rotatable bonds is 7.